The van der Waals surface area contributed by atoms with Crippen LogP contribution in [-0.4, -0.2) is 70.3 Å². The van der Waals surface area contributed by atoms with E-state index in [0.717, 1.165) is 13.0 Å². The summed E-state index contributed by atoms with van der Waals surface area (Å²) in [7, 11) is 2.03. The van der Waals surface area contributed by atoms with Crippen LogP contribution >= 0.6 is 0 Å². The van der Waals surface area contributed by atoms with Crippen LogP contribution in [-0.2, 0) is 16.0 Å². The largest absolute Gasteiger partial charge is 0.356 e. The summed E-state index contributed by atoms with van der Waals surface area (Å²) in [6, 6.07) is 0. The van der Waals surface area contributed by atoms with Gasteiger partial charge >= 0.3 is 5.69 Å². The number of hydrogen-bond donors (Lipinski definition) is 3. The number of carbonyl (C=O) groups is 2. The van der Waals surface area contributed by atoms with Crippen LogP contribution in [0, 0.1) is 0 Å². The van der Waals surface area contributed by atoms with Crippen molar-refractivity contribution in [2.24, 2.45) is 0 Å². The molecule has 2 saturated heterocycles. The van der Waals surface area contributed by atoms with Gasteiger partial charge in [-0.05, 0) is 19.9 Å². The molecule has 136 valence electrons. The fourth-order valence-electron chi connectivity index (χ4n) is 3.65. The Labute approximate surface area is 144 Å². The molecule has 3 N–H and O–H groups in total. The van der Waals surface area contributed by atoms with E-state index in [1.807, 2.05) is 7.05 Å². The molecule has 0 aromatic carbocycles. The summed E-state index contributed by atoms with van der Waals surface area (Å²) in [6.07, 6.45) is 3.19. The van der Waals surface area contributed by atoms with Crippen molar-refractivity contribution in [2.45, 2.75) is 31.2 Å². The summed E-state index contributed by atoms with van der Waals surface area (Å²) in [5.74, 6) is -0.0953. The summed E-state index contributed by atoms with van der Waals surface area (Å²) in [5, 5.41) is 2.89. The molecule has 1 aromatic rings. The third kappa shape index (κ3) is 3.65. The first-order chi connectivity index (χ1) is 11.9. The van der Waals surface area contributed by atoms with Gasteiger partial charge in [-0.15, -0.1) is 0 Å². The van der Waals surface area contributed by atoms with E-state index in [-0.39, 0.29) is 29.3 Å². The number of carbonyl (C=O) groups excluding carboxylic acids is 2. The predicted molar refractivity (Wildman–Crippen MR) is 90.2 cm³/mol. The monoisotopic (exact) mass is 349 g/mol. The van der Waals surface area contributed by atoms with Gasteiger partial charge < -0.3 is 15.2 Å². The SMILES string of the molecule is CN1CCN(C(=O)Cc2c[nH]c(=O)[nH]c2=O)C[C@]12CCNC(=O)CC2. The number of hydrogen-bond acceptors (Lipinski definition) is 5. The Kier molecular flexibility index (Phi) is 4.76. The van der Waals surface area contributed by atoms with E-state index in [0.29, 0.717) is 32.5 Å². The normalized spacial score (nSPS) is 24.8. The molecule has 0 unspecified atom stereocenters. The molecule has 0 saturated carbocycles. The fraction of sp³-hybridized carbons (Fsp3) is 0.625. The van der Waals surface area contributed by atoms with Gasteiger partial charge in [-0.3, -0.25) is 24.3 Å². The fourth-order valence-corrected chi connectivity index (χ4v) is 3.65. The first kappa shape index (κ1) is 17.4. The molecule has 0 bridgehead atoms. The molecule has 3 rings (SSSR count). The van der Waals surface area contributed by atoms with Gasteiger partial charge in [-0.2, -0.15) is 0 Å². The van der Waals surface area contributed by atoms with Gasteiger partial charge in [0, 0.05) is 49.9 Å². The minimum absolute atomic E-state index is 0.0495. The number of aromatic amines is 2. The van der Waals surface area contributed by atoms with Crippen LogP contribution in [0.25, 0.3) is 0 Å². The summed E-state index contributed by atoms with van der Waals surface area (Å²) in [6.45, 7) is 2.45. The molecule has 9 heteroatoms. The molecule has 1 atom stereocenters. The number of piperazine rings is 1. The van der Waals surface area contributed by atoms with Crippen LogP contribution < -0.4 is 16.6 Å². The van der Waals surface area contributed by atoms with E-state index in [1.54, 1.807) is 4.90 Å². The van der Waals surface area contributed by atoms with Crippen molar-refractivity contribution in [1.29, 1.82) is 0 Å². The highest BCUT2D eigenvalue weighted by Crippen LogP contribution is 2.30. The average molecular weight is 349 g/mol. The molecule has 2 amide bonds. The Balaban J connectivity index is 1.74. The molecule has 0 aliphatic carbocycles. The van der Waals surface area contributed by atoms with Crippen molar-refractivity contribution < 1.29 is 9.59 Å². The Morgan fingerprint density at radius 3 is 2.80 bits per heavy atom. The van der Waals surface area contributed by atoms with E-state index in [9.17, 15) is 19.2 Å². The molecular formula is C16H23N5O4. The van der Waals surface area contributed by atoms with Crippen molar-refractivity contribution in [2.75, 3.05) is 33.2 Å². The molecule has 2 fully saturated rings. The lowest BCUT2D eigenvalue weighted by atomic mass is 9.86. The van der Waals surface area contributed by atoms with E-state index >= 15 is 0 Å². The van der Waals surface area contributed by atoms with E-state index in [1.165, 1.54) is 6.20 Å². The summed E-state index contributed by atoms with van der Waals surface area (Å²) in [5.41, 5.74) is -1.10. The van der Waals surface area contributed by atoms with Gasteiger partial charge in [0.2, 0.25) is 11.8 Å². The van der Waals surface area contributed by atoms with Gasteiger partial charge in [0.25, 0.3) is 5.56 Å². The highest BCUT2D eigenvalue weighted by molar-refractivity contribution is 5.79. The minimum atomic E-state index is -0.588. The third-order valence-corrected chi connectivity index (χ3v) is 5.32. The van der Waals surface area contributed by atoms with Crippen LogP contribution in [0.1, 0.15) is 24.8 Å². The van der Waals surface area contributed by atoms with Crippen molar-refractivity contribution >= 4 is 11.8 Å². The topological polar surface area (TPSA) is 118 Å². The van der Waals surface area contributed by atoms with Gasteiger partial charge in [0.1, 0.15) is 0 Å². The van der Waals surface area contributed by atoms with Gasteiger partial charge in [-0.25, -0.2) is 4.79 Å². The summed E-state index contributed by atoms with van der Waals surface area (Å²) >= 11 is 0. The Hall–Kier alpha value is -2.42. The molecule has 25 heavy (non-hydrogen) atoms. The molecule has 9 nitrogen and oxygen atoms in total. The summed E-state index contributed by atoms with van der Waals surface area (Å²) < 4.78 is 0. The molecular weight excluding hydrogens is 326 g/mol. The van der Waals surface area contributed by atoms with Crippen molar-refractivity contribution in [3.63, 3.8) is 0 Å². The zero-order valence-electron chi connectivity index (χ0n) is 14.3. The first-order valence-corrected chi connectivity index (χ1v) is 8.46. The van der Waals surface area contributed by atoms with Crippen molar-refractivity contribution in [3.8, 4) is 0 Å². The maximum atomic E-state index is 12.7. The van der Waals surface area contributed by atoms with E-state index in [4.69, 9.17) is 0 Å². The molecule has 2 aliphatic heterocycles. The van der Waals surface area contributed by atoms with Crippen molar-refractivity contribution in [3.05, 3.63) is 32.6 Å². The molecule has 2 aliphatic rings. The first-order valence-electron chi connectivity index (χ1n) is 8.46. The van der Waals surface area contributed by atoms with Gasteiger partial charge in [-0.1, -0.05) is 0 Å². The second-order valence-corrected chi connectivity index (χ2v) is 6.84. The average Bonchev–Trinajstić information content (AvgIpc) is 2.75. The predicted octanol–water partition coefficient (Wildman–Crippen LogP) is -1.58. The Morgan fingerprint density at radius 2 is 2.04 bits per heavy atom. The van der Waals surface area contributed by atoms with Crippen molar-refractivity contribution in [1.82, 2.24) is 25.1 Å². The third-order valence-electron chi connectivity index (χ3n) is 5.32. The standard InChI is InChI=1S/C16H23N5O4/c1-20-6-7-21(10-16(20)3-2-12(22)17-5-4-16)13(23)8-11-9-18-15(25)19-14(11)24/h9H,2-8,10H2,1H3,(H,17,22)(H2,18,19,24,25)/t16-/m0/s1. The van der Waals surface area contributed by atoms with Gasteiger partial charge in [0.15, 0.2) is 0 Å². The second kappa shape index (κ2) is 6.83. The van der Waals surface area contributed by atoms with E-state index in [2.05, 4.69) is 20.2 Å². The summed E-state index contributed by atoms with van der Waals surface area (Å²) in [4.78, 5) is 55.7. The second-order valence-electron chi connectivity index (χ2n) is 6.84. The lowest BCUT2D eigenvalue weighted by Gasteiger charge is -2.49. The minimum Gasteiger partial charge on any atom is -0.356 e. The smallest absolute Gasteiger partial charge is 0.325 e. The maximum absolute atomic E-state index is 12.7. The highest BCUT2D eigenvalue weighted by Gasteiger charge is 2.42. The van der Waals surface area contributed by atoms with E-state index < -0.39 is 11.2 Å². The van der Waals surface area contributed by atoms with Crippen LogP contribution in [0.4, 0.5) is 0 Å². The molecule has 1 aromatic heterocycles. The number of nitrogens with zero attached hydrogens (tertiary/aromatic N) is 2. The van der Waals surface area contributed by atoms with Gasteiger partial charge in [0.05, 0.1) is 6.42 Å². The zero-order valence-corrected chi connectivity index (χ0v) is 14.3. The van der Waals surface area contributed by atoms with Crippen LogP contribution in [0.15, 0.2) is 15.8 Å². The number of rotatable bonds is 2. The molecule has 1 spiro atoms. The lowest BCUT2D eigenvalue weighted by molar-refractivity contribution is -0.136. The number of nitrogens with one attached hydrogen (secondary N) is 3. The molecule has 3 heterocycles. The highest BCUT2D eigenvalue weighted by atomic mass is 16.2. The van der Waals surface area contributed by atoms with Crippen LogP contribution in [0.2, 0.25) is 0 Å². The van der Waals surface area contributed by atoms with Crippen LogP contribution in [0.3, 0.4) is 0 Å². The lowest BCUT2D eigenvalue weighted by Crippen LogP contribution is -2.62. The maximum Gasteiger partial charge on any atom is 0.325 e. The zero-order chi connectivity index (χ0) is 18.0. The Bertz CT molecular complexity index is 785. The quantitative estimate of drug-likeness (QED) is 0.595. The number of aromatic nitrogens is 2. The number of likely N-dealkylation sites (N-methyl/N-ethyl adjacent to an activating group) is 1. The number of H-pyrrole nitrogens is 2. The Morgan fingerprint density at radius 1 is 1.24 bits per heavy atom. The number of amides is 2. The van der Waals surface area contributed by atoms with Crippen LogP contribution in [0.5, 0.6) is 0 Å². The molecule has 0 radical (unpaired) electrons.